The molecule has 0 fully saturated rings. The predicted octanol–water partition coefficient (Wildman–Crippen LogP) is 2.91. The number of hydrogen-bond donors (Lipinski definition) is 2. The molecular formula is C13H15N3O2S. The Morgan fingerprint density at radius 1 is 1.32 bits per heavy atom. The van der Waals surface area contributed by atoms with E-state index in [1.807, 2.05) is 26.0 Å². The maximum Gasteiger partial charge on any atom is 0.224 e. The number of carbonyl (C=O) groups is 2. The quantitative estimate of drug-likeness (QED) is 0.906. The standard InChI is InChI=1S/C13H15N3O2S/c1-4-11(18)15-9-5-7(2)12-10(6-9)19-13(16-12)14-8(3)17/h5-6H,4H2,1-3H3,(H,15,18)(H,14,16,17). The number of rotatable bonds is 3. The molecule has 6 heteroatoms. The van der Waals surface area contributed by atoms with Crippen LogP contribution in [0.15, 0.2) is 12.1 Å². The Bertz CT molecular complexity index is 649. The van der Waals surface area contributed by atoms with Gasteiger partial charge in [-0.15, -0.1) is 0 Å². The zero-order chi connectivity index (χ0) is 14.0. The summed E-state index contributed by atoms with van der Waals surface area (Å²) in [5, 5.41) is 6.07. The van der Waals surface area contributed by atoms with Gasteiger partial charge in [-0.2, -0.15) is 0 Å². The Morgan fingerprint density at radius 3 is 2.68 bits per heavy atom. The van der Waals surface area contributed by atoms with Gasteiger partial charge in [0, 0.05) is 19.0 Å². The van der Waals surface area contributed by atoms with Crippen LogP contribution >= 0.6 is 11.3 Å². The molecule has 0 saturated carbocycles. The van der Waals surface area contributed by atoms with E-state index in [-0.39, 0.29) is 11.8 Å². The van der Waals surface area contributed by atoms with E-state index in [0.29, 0.717) is 11.6 Å². The molecule has 100 valence electrons. The molecule has 0 atom stereocenters. The minimum Gasteiger partial charge on any atom is -0.326 e. The third-order valence-electron chi connectivity index (χ3n) is 2.57. The van der Waals surface area contributed by atoms with Crippen LogP contribution in [0, 0.1) is 6.92 Å². The molecule has 2 amide bonds. The Balaban J connectivity index is 2.39. The van der Waals surface area contributed by atoms with E-state index in [9.17, 15) is 9.59 Å². The number of amides is 2. The molecule has 0 spiro atoms. The van der Waals surface area contributed by atoms with Crippen molar-refractivity contribution in [2.45, 2.75) is 27.2 Å². The van der Waals surface area contributed by atoms with Crippen molar-refractivity contribution < 1.29 is 9.59 Å². The van der Waals surface area contributed by atoms with Crippen molar-refractivity contribution in [2.24, 2.45) is 0 Å². The second-order valence-electron chi connectivity index (χ2n) is 4.24. The summed E-state index contributed by atoms with van der Waals surface area (Å²) in [7, 11) is 0. The van der Waals surface area contributed by atoms with Gasteiger partial charge in [0.2, 0.25) is 11.8 Å². The summed E-state index contributed by atoms with van der Waals surface area (Å²) < 4.78 is 0.940. The number of nitrogens with zero attached hydrogens (tertiary/aromatic N) is 1. The lowest BCUT2D eigenvalue weighted by Crippen LogP contribution is -2.09. The van der Waals surface area contributed by atoms with Gasteiger partial charge in [0.05, 0.1) is 10.2 Å². The average Bonchev–Trinajstić information content (AvgIpc) is 2.70. The maximum atomic E-state index is 11.4. The molecule has 0 aliphatic rings. The van der Waals surface area contributed by atoms with Gasteiger partial charge in [-0.05, 0) is 24.6 Å². The van der Waals surface area contributed by atoms with Crippen molar-refractivity contribution in [2.75, 3.05) is 10.6 Å². The van der Waals surface area contributed by atoms with E-state index in [1.54, 1.807) is 0 Å². The highest BCUT2D eigenvalue weighted by atomic mass is 32.1. The smallest absolute Gasteiger partial charge is 0.224 e. The van der Waals surface area contributed by atoms with Crippen LogP contribution in [0.3, 0.4) is 0 Å². The SMILES string of the molecule is CCC(=O)Nc1cc(C)c2nc(NC(C)=O)sc2c1. The first-order valence-electron chi connectivity index (χ1n) is 5.98. The first kappa shape index (κ1) is 13.5. The molecule has 0 saturated heterocycles. The molecule has 2 rings (SSSR count). The molecule has 2 N–H and O–H groups in total. The molecule has 1 heterocycles. The van der Waals surface area contributed by atoms with Crippen molar-refractivity contribution >= 4 is 44.2 Å². The van der Waals surface area contributed by atoms with Crippen LogP contribution in [-0.2, 0) is 9.59 Å². The number of aryl methyl sites for hydroxylation is 1. The minimum absolute atomic E-state index is 0.0228. The van der Waals surface area contributed by atoms with Gasteiger partial charge in [0.1, 0.15) is 0 Å². The average molecular weight is 277 g/mol. The number of hydrogen-bond acceptors (Lipinski definition) is 4. The number of aromatic nitrogens is 1. The minimum atomic E-state index is -0.142. The fourth-order valence-corrected chi connectivity index (χ4v) is 2.75. The topological polar surface area (TPSA) is 71.1 Å². The van der Waals surface area contributed by atoms with Crippen molar-refractivity contribution in [3.63, 3.8) is 0 Å². The largest absolute Gasteiger partial charge is 0.326 e. The predicted molar refractivity (Wildman–Crippen MR) is 77.6 cm³/mol. The Morgan fingerprint density at radius 2 is 2.05 bits per heavy atom. The van der Waals surface area contributed by atoms with Gasteiger partial charge in [0.25, 0.3) is 0 Å². The van der Waals surface area contributed by atoms with Crippen LogP contribution in [0.1, 0.15) is 25.8 Å². The third-order valence-corrected chi connectivity index (χ3v) is 3.49. The van der Waals surface area contributed by atoms with Crippen molar-refractivity contribution in [1.82, 2.24) is 4.98 Å². The highest BCUT2D eigenvalue weighted by molar-refractivity contribution is 7.22. The first-order chi connectivity index (χ1) is 8.99. The summed E-state index contributed by atoms with van der Waals surface area (Å²) in [6.07, 6.45) is 0.441. The first-order valence-corrected chi connectivity index (χ1v) is 6.80. The number of fused-ring (bicyclic) bond motifs is 1. The number of carbonyl (C=O) groups excluding carboxylic acids is 2. The fraction of sp³-hybridized carbons (Fsp3) is 0.308. The zero-order valence-corrected chi connectivity index (χ0v) is 11.9. The van der Waals surface area contributed by atoms with Crippen LogP contribution in [0.4, 0.5) is 10.8 Å². The molecule has 5 nitrogen and oxygen atoms in total. The van der Waals surface area contributed by atoms with Gasteiger partial charge in [-0.3, -0.25) is 9.59 Å². The Hall–Kier alpha value is -1.95. The lowest BCUT2D eigenvalue weighted by Gasteiger charge is -2.04. The number of benzene rings is 1. The summed E-state index contributed by atoms with van der Waals surface area (Å²) >= 11 is 1.39. The van der Waals surface area contributed by atoms with Gasteiger partial charge in [0.15, 0.2) is 5.13 Å². The van der Waals surface area contributed by atoms with E-state index < -0.39 is 0 Å². The molecular weight excluding hydrogens is 262 g/mol. The van der Waals surface area contributed by atoms with Gasteiger partial charge < -0.3 is 10.6 Å². The van der Waals surface area contributed by atoms with E-state index in [2.05, 4.69) is 15.6 Å². The summed E-state index contributed by atoms with van der Waals surface area (Å²) in [5.41, 5.74) is 2.58. The molecule has 0 unspecified atom stereocenters. The van der Waals surface area contributed by atoms with Crippen LogP contribution in [0.25, 0.3) is 10.2 Å². The molecule has 0 aliphatic carbocycles. The van der Waals surface area contributed by atoms with Crippen molar-refractivity contribution in [3.8, 4) is 0 Å². The van der Waals surface area contributed by atoms with E-state index in [4.69, 9.17) is 0 Å². The number of anilines is 2. The van der Waals surface area contributed by atoms with Crippen molar-refractivity contribution in [3.05, 3.63) is 17.7 Å². The van der Waals surface area contributed by atoms with Crippen LogP contribution in [0.2, 0.25) is 0 Å². The summed E-state index contributed by atoms with van der Waals surface area (Å²) in [4.78, 5) is 26.8. The third kappa shape index (κ3) is 3.08. The second-order valence-corrected chi connectivity index (χ2v) is 5.27. The molecule has 0 radical (unpaired) electrons. The fourth-order valence-electron chi connectivity index (χ4n) is 1.72. The highest BCUT2D eigenvalue weighted by Gasteiger charge is 2.10. The molecule has 1 aromatic carbocycles. The Kier molecular flexibility index (Phi) is 3.80. The molecule has 19 heavy (non-hydrogen) atoms. The zero-order valence-electron chi connectivity index (χ0n) is 11.0. The highest BCUT2D eigenvalue weighted by Crippen LogP contribution is 2.31. The Labute approximate surface area is 115 Å². The van der Waals surface area contributed by atoms with E-state index in [0.717, 1.165) is 21.5 Å². The number of thiazole rings is 1. The summed E-state index contributed by atoms with van der Waals surface area (Å²) in [6, 6.07) is 3.76. The van der Waals surface area contributed by atoms with E-state index >= 15 is 0 Å². The molecule has 2 aromatic rings. The normalized spacial score (nSPS) is 10.5. The van der Waals surface area contributed by atoms with Gasteiger partial charge in [-0.25, -0.2) is 4.98 Å². The monoisotopic (exact) mass is 277 g/mol. The summed E-state index contributed by atoms with van der Waals surface area (Å²) in [6.45, 7) is 5.19. The lowest BCUT2D eigenvalue weighted by molar-refractivity contribution is -0.116. The van der Waals surface area contributed by atoms with Crippen LogP contribution in [-0.4, -0.2) is 16.8 Å². The lowest BCUT2D eigenvalue weighted by atomic mass is 10.2. The van der Waals surface area contributed by atoms with Gasteiger partial charge in [-0.1, -0.05) is 18.3 Å². The van der Waals surface area contributed by atoms with Crippen molar-refractivity contribution in [1.29, 1.82) is 0 Å². The maximum absolute atomic E-state index is 11.4. The molecule has 0 bridgehead atoms. The van der Waals surface area contributed by atoms with E-state index in [1.165, 1.54) is 18.3 Å². The summed E-state index contributed by atoms with van der Waals surface area (Å²) in [5.74, 6) is -0.165. The number of nitrogens with one attached hydrogen (secondary N) is 2. The van der Waals surface area contributed by atoms with Crippen LogP contribution < -0.4 is 10.6 Å². The van der Waals surface area contributed by atoms with Crippen LogP contribution in [0.5, 0.6) is 0 Å². The molecule has 0 aliphatic heterocycles. The van der Waals surface area contributed by atoms with Gasteiger partial charge >= 0.3 is 0 Å². The second kappa shape index (κ2) is 5.36. The molecule has 1 aromatic heterocycles.